The van der Waals surface area contributed by atoms with Crippen molar-refractivity contribution in [2.45, 2.75) is 65.3 Å². The van der Waals surface area contributed by atoms with Crippen LogP contribution in [0.4, 0.5) is 0 Å². The fourth-order valence-corrected chi connectivity index (χ4v) is 5.97. The first-order valence-corrected chi connectivity index (χ1v) is 13.0. The summed E-state index contributed by atoms with van der Waals surface area (Å²) in [5.74, 6) is 0.0186. The lowest BCUT2D eigenvalue weighted by Gasteiger charge is -2.34. The van der Waals surface area contributed by atoms with Gasteiger partial charge in [-0.05, 0) is 73.9 Å². The summed E-state index contributed by atoms with van der Waals surface area (Å²) in [6, 6.07) is 10.4. The van der Waals surface area contributed by atoms with Crippen molar-refractivity contribution in [1.29, 1.82) is 0 Å². The summed E-state index contributed by atoms with van der Waals surface area (Å²) in [6.45, 7) is 8.10. The zero-order valence-electron chi connectivity index (χ0n) is 19.5. The number of aryl methyl sites for hydroxylation is 3. The SMILES string of the molecule is Cc1ccc(-c2c(C)cc(C)c(C3=C(OS(C)(=O)=O)C4(CCCCC4)NC3=O)c2C)cc1. The van der Waals surface area contributed by atoms with Gasteiger partial charge in [0, 0.05) is 0 Å². The highest BCUT2D eigenvalue weighted by Gasteiger charge is 2.49. The molecule has 1 spiro atoms. The topological polar surface area (TPSA) is 72.5 Å². The molecule has 1 fully saturated rings. The Morgan fingerprint density at radius 3 is 2.09 bits per heavy atom. The van der Waals surface area contributed by atoms with E-state index in [1.807, 2.05) is 13.8 Å². The molecule has 170 valence electrons. The van der Waals surface area contributed by atoms with Crippen molar-refractivity contribution in [3.05, 3.63) is 63.9 Å². The Morgan fingerprint density at radius 2 is 1.50 bits per heavy atom. The number of benzene rings is 2. The van der Waals surface area contributed by atoms with Crippen LogP contribution >= 0.6 is 0 Å². The fraction of sp³-hybridized carbons (Fsp3) is 0.423. The van der Waals surface area contributed by atoms with Crippen molar-refractivity contribution in [2.75, 3.05) is 6.26 Å². The summed E-state index contributed by atoms with van der Waals surface area (Å²) in [6.07, 6.45) is 5.32. The third kappa shape index (κ3) is 3.96. The normalized spacial score (nSPS) is 18.2. The molecule has 2 aliphatic rings. The van der Waals surface area contributed by atoms with Crippen molar-refractivity contribution < 1.29 is 17.4 Å². The average Bonchev–Trinajstić information content (AvgIpc) is 2.93. The Labute approximate surface area is 191 Å². The Hall–Kier alpha value is -2.60. The monoisotopic (exact) mass is 453 g/mol. The van der Waals surface area contributed by atoms with Gasteiger partial charge >= 0.3 is 10.1 Å². The van der Waals surface area contributed by atoms with Crippen molar-refractivity contribution in [3.8, 4) is 11.1 Å². The Morgan fingerprint density at radius 1 is 0.906 bits per heavy atom. The van der Waals surface area contributed by atoms with E-state index in [-0.39, 0.29) is 11.7 Å². The molecule has 1 saturated carbocycles. The summed E-state index contributed by atoms with van der Waals surface area (Å²) in [5.41, 5.74) is 6.70. The molecular formula is C26H31NO4S. The van der Waals surface area contributed by atoms with Crippen LogP contribution in [0.5, 0.6) is 0 Å². The van der Waals surface area contributed by atoms with Gasteiger partial charge in [0.2, 0.25) is 0 Å². The molecule has 0 unspecified atom stereocenters. The smallest absolute Gasteiger partial charge is 0.306 e. The molecule has 0 bridgehead atoms. The molecule has 1 N–H and O–H groups in total. The minimum Gasteiger partial charge on any atom is -0.384 e. The van der Waals surface area contributed by atoms with Gasteiger partial charge in [-0.15, -0.1) is 0 Å². The predicted octanol–water partition coefficient (Wildman–Crippen LogP) is 5.11. The number of rotatable bonds is 4. The standard InChI is InChI=1S/C26H31NO4S/c1-16-9-11-20(12-10-16)21-17(2)15-18(3)22(19(21)4)23-24(31-32(5,29)30)26(27-25(23)28)13-7-6-8-14-26/h9-12,15H,6-8,13-14H2,1-5H3,(H,27,28). The molecule has 32 heavy (non-hydrogen) atoms. The van der Waals surface area contributed by atoms with Crippen LogP contribution in [0.1, 0.15) is 59.9 Å². The lowest BCUT2D eigenvalue weighted by molar-refractivity contribution is -0.116. The third-order valence-corrected chi connectivity index (χ3v) is 7.21. The van der Waals surface area contributed by atoms with Gasteiger partial charge in [-0.3, -0.25) is 4.79 Å². The molecule has 2 aromatic carbocycles. The van der Waals surface area contributed by atoms with Gasteiger partial charge < -0.3 is 9.50 Å². The zero-order valence-corrected chi connectivity index (χ0v) is 20.3. The number of carbonyl (C=O) groups excluding carboxylic acids is 1. The molecular weight excluding hydrogens is 422 g/mol. The van der Waals surface area contributed by atoms with E-state index >= 15 is 0 Å². The molecule has 1 heterocycles. The van der Waals surface area contributed by atoms with Crippen LogP contribution in [0.25, 0.3) is 16.7 Å². The van der Waals surface area contributed by atoms with Crippen molar-refractivity contribution in [1.82, 2.24) is 5.32 Å². The second-order valence-electron chi connectivity index (χ2n) is 9.34. The molecule has 2 aromatic rings. The van der Waals surface area contributed by atoms with Crippen molar-refractivity contribution in [2.24, 2.45) is 0 Å². The molecule has 5 nitrogen and oxygen atoms in total. The number of carbonyl (C=O) groups is 1. The van der Waals surface area contributed by atoms with E-state index in [2.05, 4.69) is 49.5 Å². The van der Waals surface area contributed by atoms with E-state index in [1.165, 1.54) is 5.56 Å². The Balaban J connectivity index is 2.00. The number of nitrogens with one attached hydrogen (secondary N) is 1. The first-order valence-electron chi connectivity index (χ1n) is 11.2. The molecule has 1 amide bonds. The molecule has 6 heteroatoms. The first kappa shape index (κ1) is 22.6. The fourth-order valence-electron chi connectivity index (χ4n) is 5.42. The van der Waals surface area contributed by atoms with E-state index < -0.39 is 15.7 Å². The summed E-state index contributed by atoms with van der Waals surface area (Å²) in [5, 5.41) is 3.12. The van der Waals surface area contributed by atoms with E-state index in [0.29, 0.717) is 18.4 Å². The van der Waals surface area contributed by atoms with Gasteiger partial charge in [0.05, 0.1) is 11.8 Å². The van der Waals surface area contributed by atoms with Gasteiger partial charge in [0.25, 0.3) is 5.91 Å². The molecule has 0 radical (unpaired) electrons. The largest absolute Gasteiger partial charge is 0.384 e. The van der Waals surface area contributed by atoms with Gasteiger partial charge in [-0.25, -0.2) is 0 Å². The maximum absolute atomic E-state index is 13.4. The van der Waals surface area contributed by atoms with Crippen LogP contribution in [0.15, 0.2) is 36.1 Å². The minimum absolute atomic E-state index is 0.254. The first-order chi connectivity index (χ1) is 15.0. The van der Waals surface area contributed by atoms with Crippen molar-refractivity contribution >= 4 is 21.6 Å². The summed E-state index contributed by atoms with van der Waals surface area (Å²) < 4.78 is 30.1. The Bertz CT molecular complexity index is 1220. The van der Waals surface area contributed by atoms with Gasteiger partial charge in [0.1, 0.15) is 5.54 Å². The maximum atomic E-state index is 13.4. The summed E-state index contributed by atoms with van der Waals surface area (Å²) in [4.78, 5) is 13.4. The molecule has 0 saturated heterocycles. The lowest BCUT2D eigenvalue weighted by atomic mass is 9.79. The highest BCUT2D eigenvalue weighted by molar-refractivity contribution is 7.86. The van der Waals surface area contributed by atoms with Gasteiger partial charge in [-0.1, -0.05) is 55.2 Å². The Kier molecular flexibility index (Phi) is 5.70. The quantitative estimate of drug-likeness (QED) is 0.653. The van der Waals surface area contributed by atoms with E-state index in [9.17, 15) is 13.2 Å². The van der Waals surface area contributed by atoms with Crippen molar-refractivity contribution in [3.63, 3.8) is 0 Å². The predicted molar refractivity (Wildman–Crippen MR) is 128 cm³/mol. The highest BCUT2D eigenvalue weighted by atomic mass is 32.2. The molecule has 1 aliphatic carbocycles. The summed E-state index contributed by atoms with van der Waals surface area (Å²) in [7, 11) is -3.80. The molecule has 0 aromatic heterocycles. The number of hydrogen-bond acceptors (Lipinski definition) is 4. The minimum atomic E-state index is -3.80. The van der Waals surface area contributed by atoms with Crippen LogP contribution in [-0.4, -0.2) is 26.1 Å². The van der Waals surface area contributed by atoms with Gasteiger partial charge in [-0.2, -0.15) is 8.42 Å². The van der Waals surface area contributed by atoms with Crippen LogP contribution in [-0.2, 0) is 19.1 Å². The number of hydrogen-bond donors (Lipinski definition) is 1. The van der Waals surface area contributed by atoms with E-state index in [0.717, 1.165) is 58.9 Å². The van der Waals surface area contributed by atoms with E-state index in [4.69, 9.17) is 4.18 Å². The third-order valence-electron chi connectivity index (χ3n) is 6.75. The molecule has 0 atom stereocenters. The lowest BCUT2D eigenvalue weighted by Crippen LogP contribution is -2.46. The van der Waals surface area contributed by atoms with E-state index in [1.54, 1.807) is 0 Å². The molecule has 4 rings (SSSR count). The molecule has 1 aliphatic heterocycles. The second kappa shape index (κ2) is 8.07. The maximum Gasteiger partial charge on any atom is 0.306 e. The summed E-state index contributed by atoms with van der Waals surface area (Å²) >= 11 is 0. The second-order valence-corrected chi connectivity index (χ2v) is 10.9. The average molecular weight is 454 g/mol. The van der Waals surface area contributed by atoms with Gasteiger partial charge in [0.15, 0.2) is 5.76 Å². The van der Waals surface area contributed by atoms with Crippen LogP contribution < -0.4 is 5.32 Å². The highest BCUT2D eigenvalue weighted by Crippen LogP contribution is 2.46. The van der Waals surface area contributed by atoms with Crippen LogP contribution in [0.2, 0.25) is 0 Å². The number of amides is 1. The van der Waals surface area contributed by atoms with Crippen LogP contribution in [0, 0.1) is 27.7 Å². The zero-order chi connectivity index (χ0) is 23.3. The van der Waals surface area contributed by atoms with Crippen LogP contribution in [0.3, 0.4) is 0 Å².